The number of hydrogen-bond acceptors (Lipinski definition) is 2. The van der Waals surface area contributed by atoms with Crippen molar-refractivity contribution in [3.8, 4) is 0 Å². The Bertz CT molecular complexity index is 465. The molecule has 19 heavy (non-hydrogen) atoms. The molecule has 0 heterocycles. The molecule has 2 rings (SSSR count). The summed E-state index contributed by atoms with van der Waals surface area (Å²) in [5.74, 6) is -0.238. The molecule has 0 aliphatic rings. The van der Waals surface area contributed by atoms with Crippen molar-refractivity contribution in [2.24, 2.45) is 5.73 Å². The molecule has 0 aromatic heterocycles. The zero-order chi connectivity index (χ0) is 13.7. The van der Waals surface area contributed by atoms with Gasteiger partial charge in [-0.25, -0.2) is 4.39 Å². The first-order valence-corrected chi connectivity index (χ1v) is 6.53. The van der Waals surface area contributed by atoms with Gasteiger partial charge in [-0.15, -0.1) is 0 Å². The molecule has 0 saturated heterocycles. The molecule has 1 atom stereocenters. The van der Waals surface area contributed by atoms with Crippen molar-refractivity contribution in [2.75, 3.05) is 13.1 Å². The molecule has 2 aromatic carbocycles. The van der Waals surface area contributed by atoms with Crippen LogP contribution in [0.5, 0.6) is 0 Å². The predicted octanol–water partition coefficient (Wildman–Crippen LogP) is 3.12. The van der Waals surface area contributed by atoms with Gasteiger partial charge in [-0.2, -0.15) is 0 Å². The molecule has 0 radical (unpaired) electrons. The monoisotopic (exact) mass is 278 g/mol. The summed E-state index contributed by atoms with van der Waals surface area (Å²) in [6, 6.07) is 14.1. The van der Waals surface area contributed by atoms with E-state index in [9.17, 15) is 4.39 Å². The van der Waals surface area contributed by atoms with Crippen LogP contribution in [0.1, 0.15) is 17.2 Å². The van der Waals surface area contributed by atoms with Crippen molar-refractivity contribution < 1.29 is 4.39 Å². The molecule has 2 nitrogen and oxygen atoms in total. The van der Waals surface area contributed by atoms with Gasteiger partial charge >= 0.3 is 0 Å². The van der Waals surface area contributed by atoms with Crippen molar-refractivity contribution in [2.45, 2.75) is 6.04 Å². The highest BCUT2D eigenvalue weighted by Gasteiger charge is 2.13. The summed E-state index contributed by atoms with van der Waals surface area (Å²) >= 11 is 5.90. The highest BCUT2D eigenvalue weighted by Crippen LogP contribution is 2.23. The van der Waals surface area contributed by atoms with Gasteiger partial charge in [-0.05, 0) is 35.4 Å². The largest absolute Gasteiger partial charge is 0.329 e. The van der Waals surface area contributed by atoms with E-state index in [-0.39, 0.29) is 11.9 Å². The zero-order valence-corrected chi connectivity index (χ0v) is 11.2. The maximum absolute atomic E-state index is 13.0. The van der Waals surface area contributed by atoms with Crippen LogP contribution in [0.25, 0.3) is 0 Å². The van der Waals surface area contributed by atoms with E-state index in [0.29, 0.717) is 18.1 Å². The van der Waals surface area contributed by atoms with E-state index in [4.69, 9.17) is 17.3 Å². The van der Waals surface area contributed by atoms with Crippen molar-refractivity contribution in [1.29, 1.82) is 0 Å². The summed E-state index contributed by atoms with van der Waals surface area (Å²) in [5, 5.41) is 4.05. The van der Waals surface area contributed by atoms with Crippen molar-refractivity contribution in [1.82, 2.24) is 5.32 Å². The third kappa shape index (κ3) is 3.77. The molecule has 0 saturated carbocycles. The van der Waals surface area contributed by atoms with Crippen LogP contribution in [-0.4, -0.2) is 13.1 Å². The Balaban J connectivity index is 2.29. The van der Waals surface area contributed by atoms with Crippen LogP contribution in [0.4, 0.5) is 4.39 Å². The minimum Gasteiger partial charge on any atom is -0.329 e. The Kier molecular flexibility index (Phi) is 4.91. The summed E-state index contributed by atoms with van der Waals surface area (Å²) < 4.78 is 13.0. The van der Waals surface area contributed by atoms with Gasteiger partial charge in [0.15, 0.2) is 0 Å². The molecule has 3 N–H and O–H groups in total. The first-order chi connectivity index (χ1) is 9.20. The van der Waals surface area contributed by atoms with Crippen molar-refractivity contribution in [3.05, 3.63) is 70.5 Å². The van der Waals surface area contributed by atoms with E-state index < -0.39 is 0 Å². The van der Waals surface area contributed by atoms with Gasteiger partial charge in [-0.3, -0.25) is 0 Å². The lowest BCUT2D eigenvalue weighted by Gasteiger charge is -2.19. The van der Waals surface area contributed by atoms with Gasteiger partial charge in [0.2, 0.25) is 0 Å². The Labute approximate surface area is 117 Å². The molecule has 0 aliphatic heterocycles. The molecule has 100 valence electrons. The molecule has 2 aromatic rings. The van der Waals surface area contributed by atoms with Crippen LogP contribution in [0.3, 0.4) is 0 Å². The van der Waals surface area contributed by atoms with Gasteiger partial charge in [0.1, 0.15) is 5.82 Å². The summed E-state index contributed by atoms with van der Waals surface area (Å²) in [6.07, 6.45) is 0. The van der Waals surface area contributed by atoms with E-state index in [1.807, 2.05) is 24.3 Å². The minimum absolute atomic E-state index is 0.0126. The van der Waals surface area contributed by atoms with Crippen LogP contribution in [0.2, 0.25) is 5.02 Å². The maximum Gasteiger partial charge on any atom is 0.123 e. The van der Waals surface area contributed by atoms with Crippen molar-refractivity contribution >= 4 is 11.6 Å². The highest BCUT2D eigenvalue weighted by atomic mass is 35.5. The maximum atomic E-state index is 13.0. The Hall–Kier alpha value is -1.42. The fraction of sp³-hybridized carbons (Fsp3) is 0.200. The number of hydrogen-bond donors (Lipinski definition) is 2. The van der Waals surface area contributed by atoms with E-state index in [2.05, 4.69) is 5.32 Å². The van der Waals surface area contributed by atoms with E-state index in [1.165, 1.54) is 12.1 Å². The number of rotatable bonds is 5. The Morgan fingerprint density at radius 3 is 2.05 bits per heavy atom. The van der Waals surface area contributed by atoms with Gasteiger partial charge in [-0.1, -0.05) is 35.9 Å². The lowest BCUT2D eigenvalue weighted by molar-refractivity contribution is 0.603. The number of nitrogens with one attached hydrogen (secondary N) is 1. The summed E-state index contributed by atoms with van der Waals surface area (Å²) in [4.78, 5) is 0. The molecule has 0 aliphatic carbocycles. The van der Waals surface area contributed by atoms with Crippen molar-refractivity contribution in [3.63, 3.8) is 0 Å². The lowest BCUT2D eigenvalue weighted by Crippen LogP contribution is -2.28. The zero-order valence-electron chi connectivity index (χ0n) is 10.4. The van der Waals surface area contributed by atoms with Crippen LogP contribution < -0.4 is 11.1 Å². The average Bonchev–Trinajstić information content (AvgIpc) is 2.43. The molecule has 0 spiro atoms. The van der Waals surface area contributed by atoms with Gasteiger partial charge < -0.3 is 11.1 Å². The Morgan fingerprint density at radius 1 is 1.00 bits per heavy atom. The number of nitrogens with two attached hydrogens (primary N) is 1. The molecule has 0 unspecified atom stereocenters. The second-order valence-corrected chi connectivity index (χ2v) is 4.72. The van der Waals surface area contributed by atoms with Crippen LogP contribution in [-0.2, 0) is 0 Å². The van der Waals surface area contributed by atoms with E-state index in [1.54, 1.807) is 12.1 Å². The average molecular weight is 279 g/mol. The van der Waals surface area contributed by atoms with E-state index in [0.717, 1.165) is 11.1 Å². The highest BCUT2D eigenvalue weighted by molar-refractivity contribution is 6.30. The predicted molar refractivity (Wildman–Crippen MR) is 76.8 cm³/mol. The second kappa shape index (κ2) is 6.66. The number of benzene rings is 2. The molecular weight excluding hydrogens is 263 g/mol. The first-order valence-electron chi connectivity index (χ1n) is 6.15. The fourth-order valence-electron chi connectivity index (χ4n) is 1.97. The third-order valence-electron chi connectivity index (χ3n) is 2.90. The summed E-state index contributed by atoms with van der Waals surface area (Å²) in [6.45, 7) is 1.23. The first kappa shape index (κ1) is 14.0. The molecule has 0 bridgehead atoms. The Morgan fingerprint density at radius 2 is 1.53 bits per heavy atom. The fourth-order valence-corrected chi connectivity index (χ4v) is 2.09. The topological polar surface area (TPSA) is 38.0 Å². The molecular formula is C15H16ClFN2. The summed E-state index contributed by atoms with van der Waals surface area (Å²) in [5.41, 5.74) is 7.61. The third-order valence-corrected chi connectivity index (χ3v) is 3.15. The second-order valence-electron chi connectivity index (χ2n) is 4.28. The normalized spacial score (nSPS) is 12.4. The van der Waals surface area contributed by atoms with Gasteiger partial charge in [0, 0.05) is 18.1 Å². The molecule has 0 fully saturated rings. The molecule has 0 amide bonds. The smallest absolute Gasteiger partial charge is 0.123 e. The quantitative estimate of drug-likeness (QED) is 0.882. The SMILES string of the molecule is NCCN[C@H](c1ccc(F)cc1)c1ccc(Cl)cc1. The van der Waals surface area contributed by atoms with Crippen LogP contribution in [0.15, 0.2) is 48.5 Å². The van der Waals surface area contributed by atoms with E-state index >= 15 is 0 Å². The van der Waals surface area contributed by atoms with Gasteiger partial charge in [0.25, 0.3) is 0 Å². The standard InChI is InChI=1S/C15H16ClFN2/c16-13-5-1-11(2-6-13)15(19-10-9-18)12-3-7-14(17)8-4-12/h1-8,15,19H,9-10,18H2/t15-/m0/s1. The molecule has 4 heteroatoms. The lowest BCUT2D eigenvalue weighted by atomic mass is 9.98. The number of halogens is 2. The van der Waals surface area contributed by atoms with Crippen LogP contribution >= 0.6 is 11.6 Å². The minimum atomic E-state index is -0.238. The van der Waals surface area contributed by atoms with Crippen LogP contribution in [0, 0.1) is 5.82 Å². The van der Waals surface area contributed by atoms with Gasteiger partial charge in [0.05, 0.1) is 6.04 Å². The summed E-state index contributed by atoms with van der Waals surface area (Å²) in [7, 11) is 0.